The van der Waals surface area contributed by atoms with Crippen LogP contribution in [0.25, 0.3) is 10.6 Å². The SMILES string of the molecule is CC(N)(COP(=O)(O)O)c1nnc(-c2ccc(Sc3cccc(OCc4ccccc4)c3)c(C(F)(F)F)c2)s1. The number of aromatic nitrogens is 2. The van der Waals surface area contributed by atoms with Gasteiger partial charge >= 0.3 is 14.0 Å². The normalized spacial score (nSPS) is 13.7. The highest BCUT2D eigenvalue weighted by Gasteiger charge is 2.35. The maximum absolute atomic E-state index is 14.1. The number of nitrogens with zero attached hydrogens (tertiary/aromatic N) is 2. The molecule has 0 saturated heterocycles. The summed E-state index contributed by atoms with van der Waals surface area (Å²) in [6.45, 7) is 1.18. The van der Waals surface area contributed by atoms with Gasteiger partial charge in [-0.1, -0.05) is 65.6 Å². The number of nitrogens with two attached hydrogens (primary N) is 1. The van der Waals surface area contributed by atoms with E-state index in [1.807, 2.05) is 30.3 Å². The van der Waals surface area contributed by atoms with Crippen LogP contribution in [-0.2, 0) is 27.4 Å². The maximum atomic E-state index is 14.1. The number of ether oxygens (including phenoxy) is 1. The van der Waals surface area contributed by atoms with E-state index < -0.39 is 31.7 Å². The minimum absolute atomic E-state index is 0.00472. The van der Waals surface area contributed by atoms with Gasteiger partial charge in [-0.25, -0.2) is 4.57 Å². The summed E-state index contributed by atoms with van der Waals surface area (Å²) >= 11 is 1.86. The van der Waals surface area contributed by atoms with Crippen LogP contribution in [0.3, 0.4) is 0 Å². The lowest BCUT2D eigenvalue weighted by Gasteiger charge is -2.21. The molecule has 3 aromatic carbocycles. The van der Waals surface area contributed by atoms with E-state index in [4.69, 9.17) is 20.3 Å². The number of rotatable bonds is 10. The lowest BCUT2D eigenvalue weighted by Crippen LogP contribution is -2.37. The van der Waals surface area contributed by atoms with Crippen LogP contribution >= 0.6 is 30.9 Å². The molecule has 0 radical (unpaired) electrons. The van der Waals surface area contributed by atoms with Crippen LogP contribution in [0.2, 0.25) is 0 Å². The van der Waals surface area contributed by atoms with Crippen molar-refractivity contribution in [3.8, 4) is 16.3 Å². The van der Waals surface area contributed by atoms with Crippen molar-refractivity contribution >= 4 is 30.9 Å². The number of phosphoric ester groups is 1. The van der Waals surface area contributed by atoms with Gasteiger partial charge in [-0.05, 0) is 42.8 Å². The Morgan fingerprint density at radius 1 is 1.03 bits per heavy atom. The summed E-state index contributed by atoms with van der Waals surface area (Å²) in [4.78, 5) is 18.4. The van der Waals surface area contributed by atoms with Gasteiger partial charge in [0.15, 0.2) is 0 Å². The highest BCUT2D eigenvalue weighted by Crippen LogP contribution is 2.43. The summed E-state index contributed by atoms with van der Waals surface area (Å²) in [6.07, 6.45) is -4.65. The van der Waals surface area contributed by atoms with Gasteiger partial charge in [-0.15, -0.1) is 10.2 Å². The molecule has 206 valence electrons. The monoisotopic (exact) mass is 597 g/mol. The fourth-order valence-corrected chi connectivity index (χ4v) is 5.64. The summed E-state index contributed by atoms with van der Waals surface area (Å²) in [5.41, 5.74) is 4.92. The van der Waals surface area contributed by atoms with Crippen LogP contribution in [0.1, 0.15) is 23.1 Å². The molecule has 8 nitrogen and oxygen atoms in total. The molecule has 0 aliphatic heterocycles. The molecule has 0 aliphatic carbocycles. The third-order valence-corrected chi connectivity index (χ3v) is 8.04. The van der Waals surface area contributed by atoms with Gasteiger partial charge < -0.3 is 20.3 Å². The van der Waals surface area contributed by atoms with Crippen LogP contribution < -0.4 is 10.5 Å². The third-order valence-electron chi connectivity index (χ3n) is 5.26. The van der Waals surface area contributed by atoms with Gasteiger partial charge in [0.1, 0.15) is 22.4 Å². The van der Waals surface area contributed by atoms with E-state index in [0.29, 0.717) is 17.3 Å². The molecule has 0 spiro atoms. The molecule has 0 saturated carbocycles. The molecule has 0 aliphatic rings. The number of alkyl halides is 3. The van der Waals surface area contributed by atoms with E-state index in [1.165, 1.54) is 19.1 Å². The van der Waals surface area contributed by atoms with Gasteiger partial charge in [-0.2, -0.15) is 13.2 Å². The van der Waals surface area contributed by atoms with Crippen molar-refractivity contribution in [3.05, 3.63) is 88.9 Å². The zero-order chi connectivity index (χ0) is 28.3. The van der Waals surface area contributed by atoms with E-state index in [9.17, 15) is 17.7 Å². The average molecular weight is 598 g/mol. The molecule has 1 atom stereocenters. The molecule has 0 bridgehead atoms. The summed E-state index contributed by atoms with van der Waals surface area (Å²) in [6, 6.07) is 20.2. The predicted molar refractivity (Wildman–Crippen MR) is 141 cm³/mol. The van der Waals surface area contributed by atoms with E-state index in [1.54, 1.807) is 24.3 Å². The molecule has 1 aromatic heterocycles. The smallest absolute Gasteiger partial charge is 0.469 e. The fourth-order valence-electron chi connectivity index (χ4n) is 3.32. The van der Waals surface area contributed by atoms with Crippen LogP contribution in [0.5, 0.6) is 5.75 Å². The van der Waals surface area contributed by atoms with Crippen molar-refractivity contribution in [1.82, 2.24) is 10.2 Å². The van der Waals surface area contributed by atoms with Crippen molar-refractivity contribution in [2.45, 2.75) is 35.0 Å². The van der Waals surface area contributed by atoms with Gasteiger partial charge in [-0.3, -0.25) is 4.52 Å². The average Bonchev–Trinajstić information content (AvgIpc) is 3.38. The van der Waals surface area contributed by atoms with E-state index in [-0.39, 0.29) is 20.5 Å². The molecule has 1 unspecified atom stereocenters. The second kappa shape index (κ2) is 11.8. The quantitative estimate of drug-likeness (QED) is 0.182. The number of benzene rings is 3. The lowest BCUT2D eigenvalue weighted by atomic mass is 10.1. The van der Waals surface area contributed by atoms with Crippen LogP contribution in [0.4, 0.5) is 13.2 Å². The Labute approximate surface area is 230 Å². The first-order chi connectivity index (χ1) is 18.3. The molecule has 39 heavy (non-hydrogen) atoms. The molecule has 0 amide bonds. The Bertz CT molecular complexity index is 1480. The predicted octanol–water partition coefficient (Wildman–Crippen LogP) is 6.24. The highest BCUT2D eigenvalue weighted by atomic mass is 32.2. The van der Waals surface area contributed by atoms with Crippen LogP contribution in [-0.4, -0.2) is 26.6 Å². The van der Waals surface area contributed by atoms with Crippen LogP contribution in [0, 0.1) is 0 Å². The fraction of sp³-hybridized carbons (Fsp3) is 0.200. The van der Waals surface area contributed by atoms with Crippen molar-refractivity contribution in [1.29, 1.82) is 0 Å². The Hall–Kier alpha value is -2.77. The Kier molecular flexibility index (Phi) is 8.82. The van der Waals surface area contributed by atoms with Crippen molar-refractivity contribution in [2.75, 3.05) is 6.61 Å². The largest absolute Gasteiger partial charge is 0.489 e. The minimum Gasteiger partial charge on any atom is -0.489 e. The summed E-state index contributed by atoms with van der Waals surface area (Å²) in [5.74, 6) is 0.531. The summed E-state index contributed by atoms with van der Waals surface area (Å²) in [5, 5.41) is 8.15. The van der Waals surface area contributed by atoms with Crippen LogP contribution in [0.15, 0.2) is 82.6 Å². The van der Waals surface area contributed by atoms with Gasteiger partial charge in [0, 0.05) is 15.4 Å². The number of phosphoric acid groups is 1. The van der Waals surface area contributed by atoms with E-state index in [0.717, 1.165) is 34.7 Å². The van der Waals surface area contributed by atoms with Crippen molar-refractivity contribution < 1.29 is 36.8 Å². The minimum atomic E-state index is -4.77. The molecule has 0 fully saturated rings. The molecule has 4 N–H and O–H groups in total. The second-order valence-corrected chi connectivity index (χ2v) is 12.0. The first kappa shape index (κ1) is 29.2. The number of halogens is 3. The second-order valence-electron chi connectivity index (χ2n) is 8.65. The molecular weight excluding hydrogens is 574 g/mol. The van der Waals surface area contributed by atoms with Gasteiger partial charge in [0.25, 0.3) is 0 Å². The number of hydrogen-bond acceptors (Lipinski definition) is 8. The van der Waals surface area contributed by atoms with Crippen molar-refractivity contribution in [3.63, 3.8) is 0 Å². The molecule has 4 rings (SSSR count). The standard InChI is InChI=1S/C25H23F3N3O5PS2/c1-24(29,15-36-37(32,33)34)23-31-30-22(39-23)17-10-11-21(20(12-17)25(26,27)28)38-19-9-5-8-18(13-19)35-14-16-6-3-2-4-7-16/h2-13H,14-15,29H2,1H3,(H2,32,33,34). The molecule has 14 heteroatoms. The zero-order valence-electron chi connectivity index (χ0n) is 20.3. The molecule has 1 heterocycles. The molecular formula is C25H23F3N3O5PS2. The molecule has 4 aromatic rings. The summed E-state index contributed by atoms with van der Waals surface area (Å²) in [7, 11) is -4.77. The third kappa shape index (κ3) is 8.12. The lowest BCUT2D eigenvalue weighted by molar-refractivity contribution is -0.139. The van der Waals surface area contributed by atoms with E-state index >= 15 is 0 Å². The first-order valence-corrected chi connectivity index (χ1v) is 14.5. The Morgan fingerprint density at radius 2 is 1.77 bits per heavy atom. The number of hydrogen-bond donors (Lipinski definition) is 3. The zero-order valence-corrected chi connectivity index (χ0v) is 22.9. The Balaban J connectivity index is 1.55. The maximum Gasteiger partial charge on any atom is 0.469 e. The first-order valence-electron chi connectivity index (χ1n) is 11.3. The highest BCUT2D eigenvalue weighted by molar-refractivity contribution is 7.99. The topological polar surface area (TPSA) is 128 Å². The Morgan fingerprint density at radius 3 is 2.46 bits per heavy atom. The van der Waals surface area contributed by atoms with Gasteiger partial charge in [0.2, 0.25) is 0 Å². The van der Waals surface area contributed by atoms with E-state index in [2.05, 4.69) is 14.7 Å². The van der Waals surface area contributed by atoms with Gasteiger partial charge in [0.05, 0.1) is 17.7 Å². The summed E-state index contributed by atoms with van der Waals surface area (Å²) < 4.78 is 63.5. The van der Waals surface area contributed by atoms with Crippen molar-refractivity contribution in [2.24, 2.45) is 5.73 Å².